The zero-order chi connectivity index (χ0) is 15.8. The van der Waals surface area contributed by atoms with Crippen molar-refractivity contribution < 1.29 is 8.78 Å². The Bertz CT molecular complexity index is 481. The quantitative estimate of drug-likeness (QED) is 0.880. The van der Waals surface area contributed by atoms with Crippen LogP contribution in [0.5, 0.6) is 0 Å². The first kappa shape index (κ1) is 16.2. The molecule has 1 unspecified atom stereocenters. The number of benzene rings is 1. The SMILES string of the molecule is CC(C1CC1)N(C)c1c(F)cc(CNC(C)(C)C)cc1F. The van der Waals surface area contributed by atoms with E-state index in [9.17, 15) is 8.78 Å². The molecule has 0 bridgehead atoms. The maximum absolute atomic E-state index is 14.3. The fraction of sp³-hybridized carbons (Fsp3) is 0.647. The van der Waals surface area contributed by atoms with E-state index in [4.69, 9.17) is 0 Å². The third-order valence-electron chi connectivity index (χ3n) is 4.17. The third-order valence-corrected chi connectivity index (χ3v) is 4.17. The van der Waals surface area contributed by atoms with E-state index in [2.05, 4.69) is 5.32 Å². The zero-order valence-corrected chi connectivity index (χ0v) is 13.6. The molecule has 1 aromatic rings. The van der Waals surface area contributed by atoms with Gasteiger partial charge in [-0.15, -0.1) is 0 Å². The molecule has 2 rings (SSSR count). The van der Waals surface area contributed by atoms with Crippen LogP contribution in [0.1, 0.15) is 46.1 Å². The van der Waals surface area contributed by atoms with Crippen LogP contribution in [-0.4, -0.2) is 18.6 Å². The lowest BCUT2D eigenvalue weighted by Crippen LogP contribution is -2.35. The summed E-state index contributed by atoms with van der Waals surface area (Å²) >= 11 is 0. The van der Waals surface area contributed by atoms with E-state index in [1.807, 2.05) is 27.7 Å². The number of nitrogens with zero attached hydrogens (tertiary/aromatic N) is 1. The molecule has 1 fully saturated rings. The standard InChI is InChI=1S/C17H26F2N2/c1-11(13-6-7-13)21(5)16-14(18)8-12(9-15(16)19)10-20-17(2,3)4/h8-9,11,13,20H,6-7,10H2,1-5H3. The second-order valence-corrected chi connectivity index (χ2v) is 7.20. The Balaban J connectivity index is 2.16. The number of hydrogen-bond donors (Lipinski definition) is 1. The van der Waals surface area contributed by atoms with Crippen LogP contribution in [0.2, 0.25) is 0 Å². The van der Waals surface area contributed by atoms with Crippen molar-refractivity contribution in [3.63, 3.8) is 0 Å². The molecule has 0 amide bonds. The fourth-order valence-corrected chi connectivity index (χ4v) is 2.52. The van der Waals surface area contributed by atoms with Gasteiger partial charge in [0.2, 0.25) is 0 Å². The van der Waals surface area contributed by atoms with E-state index in [0.29, 0.717) is 18.0 Å². The third kappa shape index (κ3) is 4.16. The molecule has 0 radical (unpaired) electrons. The molecular formula is C17H26F2N2. The lowest BCUT2D eigenvalue weighted by Gasteiger charge is -2.28. The minimum atomic E-state index is -0.476. The Hall–Kier alpha value is -1.16. The van der Waals surface area contributed by atoms with Gasteiger partial charge in [-0.25, -0.2) is 8.78 Å². The lowest BCUT2D eigenvalue weighted by molar-refractivity contribution is 0.422. The first-order valence-corrected chi connectivity index (χ1v) is 7.65. The molecule has 0 heterocycles. The van der Waals surface area contributed by atoms with Crippen LogP contribution in [0.25, 0.3) is 0 Å². The highest BCUT2D eigenvalue weighted by Gasteiger charge is 2.32. The molecule has 0 saturated heterocycles. The van der Waals surface area contributed by atoms with Crippen molar-refractivity contribution in [2.24, 2.45) is 5.92 Å². The molecule has 4 heteroatoms. The van der Waals surface area contributed by atoms with E-state index in [0.717, 1.165) is 12.8 Å². The summed E-state index contributed by atoms with van der Waals surface area (Å²) < 4.78 is 28.6. The van der Waals surface area contributed by atoms with Gasteiger partial charge in [0.1, 0.15) is 17.3 Å². The highest BCUT2D eigenvalue weighted by atomic mass is 19.1. The van der Waals surface area contributed by atoms with Crippen LogP contribution in [0, 0.1) is 17.6 Å². The Kier molecular flexibility index (Phi) is 4.57. The van der Waals surface area contributed by atoms with Crippen LogP contribution in [0.4, 0.5) is 14.5 Å². The van der Waals surface area contributed by atoms with E-state index in [1.165, 1.54) is 12.1 Å². The average molecular weight is 296 g/mol. The van der Waals surface area contributed by atoms with Gasteiger partial charge in [0.05, 0.1) is 0 Å². The van der Waals surface area contributed by atoms with Crippen molar-refractivity contribution in [3.05, 3.63) is 29.3 Å². The first-order chi connectivity index (χ1) is 9.69. The maximum Gasteiger partial charge on any atom is 0.149 e. The monoisotopic (exact) mass is 296 g/mol. The van der Waals surface area contributed by atoms with Crippen LogP contribution < -0.4 is 10.2 Å². The topological polar surface area (TPSA) is 15.3 Å². The highest BCUT2D eigenvalue weighted by Crippen LogP contribution is 2.37. The Morgan fingerprint density at radius 1 is 1.24 bits per heavy atom. The summed E-state index contributed by atoms with van der Waals surface area (Å²) in [5.74, 6) is -0.387. The Morgan fingerprint density at radius 3 is 2.19 bits per heavy atom. The molecule has 118 valence electrons. The van der Waals surface area contributed by atoms with Gasteiger partial charge in [-0.05, 0) is 64.2 Å². The van der Waals surface area contributed by atoms with E-state index in [1.54, 1.807) is 11.9 Å². The largest absolute Gasteiger partial charge is 0.367 e. The highest BCUT2D eigenvalue weighted by molar-refractivity contribution is 5.51. The molecule has 21 heavy (non-hydrogen) atoms. The van der Waals surface area contributed by atoms with Gasteiger partial charge < -0.3 is 10.2 Å². The van der Waals surface area contributed by atoms with Crippen molar-refractivity contribution in [3.8, 4) is 0 Å². The van der Waals surface area contributed by atoms with Gasteiger partial charge in [-0.3, -0.25) is 0 Å². The number of nitrogens with one attached hydrogen (secondary N) is 1. The van der Waals surface area contributed by atoms with Gasteiger partial charge >= 0.3 is 0 Å². The molecule has 1 aliphatic rings. The van der Waals surface area contributed by atoms with Gasteiger partial charge in [0.15, 0.2) is 0 Å². The summed E-state index contributed by atoms with van der Waals surface area (Å²) in [5, 5.41) is 3.25. The van der Waals surface area contributed by atoms with Gasteiger partial charge in [-0.2, -0.15) is 0 Å². The van der Waals surface area contributed by atoms with Crippen LogP contribution in [-0.2, 0) is 6.54 Å². The predicted molar refractivity (Wildman–Crippen MR) is 83.5 cm³/mol. The first-order valence-electron chi connectivity index (χ1n) is 7.65. The van der Waals surface area contributed by atoms with Gasteiger partial charge in [0, 0.05) is 25.2 Å². The smallest absolute Gasteiger partial charge is 0.149 e. The number of rotatable bonds is 5. The van der Waals surface area contributed by atoms with E-state index >= 15 is 0 Å². The number of anilines is 1. The zero-order valence-electron chi connectivity index (χ0n) is 13.6. The molecule has 0 spiro atoms. The summed E-state index contributed by atoms with van der Waals surface area (Å²) in [7, 11) is 1.78. The molecule has 0 aliphatic heterocycles. The maximum atomic E-state index is 14.3. The lowest BCUT2D eigenvalue weighted by atomic mass is 10.1. The second kappa shape index (κ2) is 5.91. The van der Waals surface area contributed by atoms with Gasteiger partial charge in [0.25, 0.3) is 0 Å². The summed E-state index contributed by atoms with van der Waals surface area (Å²) in [6, 6.07) is 3.05. The summed E-state index contributed by atoms with van der Waals surface area (Å²) in [4.78, 5) is 1.74. The molecule has 0 aromatic heterocycles. The molecule has 1 saturated carbocycles. The fourth-order valence-electron chi connectivity index (χ4n) is 2.52. The molecule has 1 aromatic carbocycles. The van der Waals surface area contributed by atoms with Crippen molar-refractivity contribution in [2.45, 2.75) is 58.7 Å². The van der Waals surface area contributed by atoms with Crippen LogP contribution in [0.15, 0.2) is 12.1 Å². The van der Waals surface area contributed by atoms with Crippen molar-refractivity contribution in [2.75, 3.05) is 11.9 Å². The Morgan fingerprint density at radius 2 is 1.76 bits per heavy atom. The number of hydrogen-bond acceptors (Lipinski definition) is 2. The Labute approximate surface area is 126 Å². The van der Waals surface area contributed by atoms with Crippen molar-refractivity contribution in [1.82, 2.24) is 5.32 Å². The molecular weight excluding hydrogens is 270 g/mol. The normalized spacial score (nSPS) is 16.9. The molecule has 1 aliphatic carbocycles. The van der Waals surface area contributed by atoms with Crippen molar-refractivity contribution in [1.29, 1.82) is 0 Å². The summed E-state index contributed by atoms with van der Waals surface area (Å²) in [6.07, 6.45) is 2.31. The second-order valence-electron chi connectivity index (χ2n) is 7.20. The van der Waals surface area contributed by atoms with Gasteiger partial charge in [-0.1, -0.05) is 0 Å². The minimum Gasteiger partial charge on any atom is -0.367 e. The average Bonchev–Trinajstić information content (AvgIpc) is 3.17. The van der Waals surface area contributed by atoms with Crippen LogP contribution >= 0.6 is 0 Å². The van der Waals surface area contributed by atoms with Crippen molar-refractivity contribution >= 4 is 5.69 Å². The predicted octanol–water partition coefficient (Wildman–Crippen LogP) is 4.09. The summed E-state index contributed by atoms with van der Waals surface area (Å²) in [6.45, 7) is 8.57. The summed E-state index contributed by atoms with van der Waals surface area (Å²) in [5.41, 5.74) is 0.646. The van der Waals surface area contributed by atoms with E-state index in [-0.39, 0.29) is 17.3 Å². The molecule has 2 nitrogen and oxygen atoms in total. The molecule has 1 N–H and O–H groups in total. The number of halogens is 2. The minimum absolute atomic E-state index is 0.0805. The van der Waals surface area contributed by atoms with E-state index < -0.39 is 11.6 Å². The molecule has 1 atom stereocenters. The van der Waals surface area contributed by atoms with Crippen LogP contribution in [0.3, 0.4) is 0 Å².